The van der Waals surface area contributed by atoms with Crippen molar-refractivity contribution in [2.24, 2.45) is 0 Å². The van der Waals surface area contributed by atoms with Crippen molar-refractivity contribution >= 4 is 31.4 Å². The molecular weight excluding hydrogens is 422 g/mol. The number of benzene rings is 2. The number of nitrogens with zero attached hydrogens (tertiary/aromatic N) is 2. The molecule has 0 amide bonds. The number of nitrogens with one attached hydrogen (secondary N) is 1. The van der Waals surface area contributed by atoms with Crippen LogP contribution in [-0.4, -0.2) is 52.4 Å². The fraction of sp³-hybridized carbons (Fsp3) is 0.294. The van der Waals surface area contributed by atoms with Crippen LogP contribution in [0.1, 0.15) is 5.56 Å². The molecule has 0 saturated carbocycles. The van der Waals surface area contributed by atoms with E-state index in [1.807, 2.05) is 0 Å². The molecule has 1 saturated heterocycles. The van der Waals surface area contributed by atoms with Gasteiger partial charge in [0.05, 0.1) is 27.9 Å². The van der Waals surface area contributed by atoms with E-state index in [1.54, 1.807) is 0 Å². The van der Waals surface area contributed by atoms with E-state index in [4.69, 9.17) is 4.74 Å². The van der Waals surface area contributed by atoms with Crippen LogP contribution in [0.2, 0.25) is 0 Å². The van der Waals surface area contributed by atoms with Gasteiger partial charge in [-0.25, -0.2) is 16.8 Å². The highest BCUT2D eigenvalue weighted by Crippen LogP contribution is 2.25. The number of hydrogen-bond acceptors (Lipinski definition) is 7. The van der Waals surface area contributed by atoms with Crippen LogP contribution in [0.3, 0.4) is 0 Å². The van der Waals surface area contributed by atoms with Gasteiger partial charge in [0.1, 0.15) is 0 Å². The van der Waals surface area contributed by atoms with Gasteiger partial charge in [0.25, 0.3) is 15.7 Å². The zero-order valence-electron chi connectivity index (χ0n) is 15.4. The third-order valence-corrected chi connectivity index (χ3v) is 7.69. The maximum Gasteiger partial charge on any atom is 0.273 e. The van der Waals surface area contributed by atoms with Crippen molar-refractivity contribution < 1.29 is 26.5 Å². The summed E-state index contributed by atoms with van der Waals surface area (Å²) in [7, 11) is -7.78. The minimum atomic E-state index is -4.09. The summed E-state index contributed by atoms with van der Waals surface area (Å²) in [4.78, 5) is 10.2. The van der Waals surface area contributed by atoms with Crippen molar-refractivity contribution in [1.29, 1.82) is 0 Å². The van der Waals surface area contributed by atoms with Crippen LogP contribution >= 0.6 is 0 Å². The third-order valence-electron chi connectivity index (χ3n) is 4.40. The number of nitro groups is 1. The minimum absolute atomic E-state index is 0.0355. The maximum absolute atomic E-state index is 12.6. The van der Waals surface area contributed by atoms with Crippen molar-refractivity contribution in [1.82, 2.24) is 4.31 Å². The molecule has 1 N–H and O–H groups in total. The number of nitro benzene ring substituents is 1. The Morgan fingerprint density at radius 1 is 1.00 bits per heavy atom. The van der Waals surface area contributed by atoms with Crippen LogP contribution in [-0.2, 0) is 24.8 Å². The lowest BCUT2D eigenvalue weighted by Gasteiger charge is -2.26. The zero-order valence-corrected chi connectivity index (χ0v) is 17.1. The third kappa shape index (κ3) is 4.56. The van der Waals surface area contributed by atoms with Gasteiger partial charge in [-0.15, -0.1) is 0 Å². The van der Waals surface area contributed by atoms with Crippen LogP contribution in [0.5, 0.6) is 0 Å². The average molecular weight is 441 g/mol. The van der Waals surface area contributed by atoms with E-state index in [2.05, 4.69) is 4.72 Å². The van der Waals surface area contributed by atoms with Crippen molar-refractivity contribution in [3.8, 4) is 0 Å². The highest BCUT2D eigenvalue weighted by Gasteiger charge is 2.26. The number of anilines is 1. The molecule has 3 rings (SSSR count). The van der Waals surface area contributed by atoms with Gasteiger partial charge in [0.15, 0.2) is 0 Å². The number of morpholine rings is 1. The average Bonchev–Trinajstić information content (AvgIpc) is 2.68. The molecule has 0 radical (unpaired) electrons. The molecule has 10 nitrogen and oxygen atoms in total. The van der Waals surface area contributed by atoms with Gasteiger partial charge in [0.2, 0.25) is 10.0 Å². The summed E-state index contributed by atoms with van der Waals surface area (Å²) in [5, 5.41) is 11.0. The lowest BCUT2D eigenvalue weighted by atomic mass is 10.2. The van der Waals surface area contributed by atoms with Crippen LogP contribution < -0.4 is 4.72 Å². The fourth-order valence-electron chi connectivity index (χ4n) is 2.80. The summed E-state index contributed by atoms with van der Waals surface area (Å²) in [5.41, 5.74) is 0.167. The molecule has 2 aromatic carbocycles. The Morgan fingerprint density at radius 2 is 1.59 bits per heavy atom. The highest BCUT2D eigenvalue weighted by atomic mass is 32.2. The van der Waals surface area contributed by atoms with Gasteiger partial charge < -0.3 is 4.74 Å². The number of ether oxygens (including phenoxy) is 1. The van der Waals surface area contributed by atoms with Gasteiger partial charge >= 0.3 is 0 Å². The SMILES string of the molecule is Cc1ccc(S(=O)(=O)Nc2ccc(S(=O)(=O)N3CCOCC3)cc2)cc1[N+](=O)[O-]. The van der Waals surface area contributed by atoms with E-state index in [0.29, 0.717) is 18.8 Å². The van der Waals surface area contributed by atoms with Crippen LogP contribution in [0, 0.1) is 17.0 Å². The molecule has 1 heterocycles. The van der Waals surface area contributed by atoms with Crippen molar-refractivity contribution in [3.05, 3.63) is 58.1 Å². The Kier molecular flexibility index (Phi) is 5.89. The molecule has 0 aromatic heterocycles. The summed E-state index contributed by atoms with van der Waals surface area (Å²) >= 11 is 0. The molecule has 0 bridgehead atoms. The molecule has 1 aliphatic rings. The van der Waals surface area contributed by atoms with E-state index in [9.17, 15) is 26.9 Å². The van der Waals surface area contributed by atoms with Crippen LogP contribution in [0.4, 0.5) is 11.4 Å². The summed E-state index contributed by atoms with van der Waals surface area (Å²) in [6, 6.07) is 8.86. The van der Waals surface area contributed by atoms with E-state index < -0.39 is 25.0 Å². The molecule has 1 aliphatic heterocycles. The largest absolute Gasteiger partial charge is 0.379 e. The van der Waals surface area contributed by atoms with E-state index in [1.165, 1.54) is 47.6 Å². The molecule has 0 unspecified atom stereocenters. The summed E-state index contributed by atoms with van der Waals surface area (Å²) in [6.07, 6.45) is 0. The quantitative estimate of drug-likeness (QED) is 0.532. The van der Waals surface area contributed by atoms with Gasteiger partial charge in [-0.2, -0.15) is 4.31 Å². The smallest absolute Gasteiger partial charge is 0.273 e. The number of aryl methyl sites for hydroxylation is 1. The Hall–Kier alpha value is -2.54. The molecule has 0 spiro atoms. The summed E-state index contributed by atoms with van der Waals surface area (Å²) in [6.45, 7) is 2.65. The van der Waals surface area contributed by atoms with Gasteiger partial charge in [-0.1, -0.05) is 6.07 Å². The van der Waals surface area contributed by atoms with Gasteiger partial charge in [-0.05, 0) is 37.3 Å². The normalized spacial score (nSPS) is 15.8. The first kappa shape index (κ1) is 21.2. The minimum Gasteiger partial charge on any atom is -0.379 e. The standard InChI is InChI=1S/C17H19N3O7S2/c1-13-2-5-16(12-17(13)20(21)22)28(23,24)18-14-3-6-15(7-4-14)29(25,26)19-8-10-27-11-9-19/h2-7,12,18H,8-11H2,1H3. The Balaban J connectivity index is 1.82. The second-order valence-corrected chi connectivity index (χ2v) is 9.97. The lowest BCUT2D eigenvalue weighted by Crippen LogP contribution is -2.40. The number of rotatable bonds is 6. The monoisotopic (exact) mass is 441 g/mol. The number of sulfonamides is 2. The fourth-order valence-corrected chi connectivity index (χ4v) is 5.28. The lowest BCUT2D eigenvalue weighted by molar-refractivity contribution is -0.385. The summed E-state index contributed by atoms with van der Waals surface area (Å²) < 4.78 is 59.1. The predicted molar refractivity (Wildman–Crippen MR) is 105 cm³/mol. The van der Waals surface area contributed by atoms with Crippen molar-refractivity contribution in [3.63, 3.8) is 0 Å². The molecular formula is C17H19N3O7S2. The van der Waals surface area contributed by atoms with Crippen LogP contribution in [0.25, 0.3) is 0 Å². The summed E-state index contributed by atoms with van der Waals surface area (Å²) in [5.74, 6) is 0. The Morgan fingerprint density at radius 3 is 2.17 bits per heavy atom. The maximum atomic E-state index is 12.6. The van der Waals surface area contributed by atoms with Crippen molar-refractivity contribution in [2.45, 2.75) is 16.7 Å². The van der Waals surface area contributed by atoms with E-state index >= 15 is 0 Å². The highest BCUT2D eigenvalue weighted by molar-refractivity contribution is 7.92. The topological polar surface area (TPSA) is 136 Å². The molecule has 156 valence electrons. The van der Waals surface area contributed by atoms with Crippen LogP contribution in [0.15, 0.2) is 52.3 Å². The predicted octanol–water partition coefficient (Wildman–Crippen LogP) is 1.72. The Bertz CT molecular complexity index is 1120. The second-order valence-electron chi connectivity index (χ2n) is 6.35. The number of hydrogen-bond donors (Lipinski definition) is 1. The first-order valence-corrected chi connectivity index (χ1v) is 11.5. The first-order valence-electron chi connectivity index (χ1n) is 8.57. The molecule has 0 atom stereocenters. The van der Waals surface area contributed by atoms with E-state index in [0.717, 1.165) is 6.07 Å². The Labute approximate surface area is 168 Å². The molecule has 29 heavy (non-hydrogen) atoms. The molecule has 12 heteroatoms. The molecule has 1 fully saturated rings. The first-order chi connectivity index (χ1) is 13.6. The zero-order chi connectivity index (χ0) is 21.2. The van der Waals surface area contributed by atoms with Crippen molar-refractivity contribution in [2.75, 3.05) is 31.0 Å². The molecule has 0 aliphatic carbocycles. The van der Waals surface area contributed by atoms with E-state index in [-0.39, 0.29) is 34.3 Å². The van der Waals surface area contributed by atoms with Gasteiger partial charge in [-0.3, -0.25) is 14.8 Å². The second kappa shape index (κ2) is 8.06. The molecule has 2 aromatic rings. The van der Waals surface area contributed by atoms with Gasteiger partial charge in [0, 0.05) is 30.4 Å².